The van der Waals surface area contributed by atoms with Crippen LogP contribution in [0.3, 0.4) is 0 Å². The Morgan fingerprint density at radius 2 is 1.96 bits per heavy atom. The van der Waals surface area contributed by atoms with Gasteiger partial charge >= 0.3 is 0 Å². The third-order valence-corrected chi connectivity index (χ3v) is 4.18. The van der Waals surface area contributed by atoms with Crippen molar-refractivity contribution in [2.45, 2.75) is 31.7 Å². The van der Waals surface area contributed by atoms with E-state index < -0.39 is 0 Å². The first-order valence-electron chi connectivity index (χ1n) is 8.47. The number of hydrogen-bond donors (Lipinski definition) is 3. The predicted molar refractivity (Wildman–Crippen MR) is 101 cm³/mol. The predicted octanol–water partition coefficient (Wildman–Crippen LogP) is 1.36. The maximum atomic E-state index is 12.3. The molecule has 0 aromatic carbocycles. The number of nitrogens with one attached hydrogen (secondary N) is 2. The van der Waals surface area contributed by atoms with Gasteiger partial charge in [0.15, 0.2) is 0 Å². The van der Waals surface area contributed by atoms with Crippen molar-refractivity contribution < 1.29 is 19.1 Å². The summed E-state index contributed by atoms with van der Waals surface area (Å²) < 4.78 is 10.0. The zero-order valence-electron chi connectivity index (χ0n) is 14.9. The highest BCUT2D eigenvalue weighted by Crippen LogP contribution is 2.25. The van der Waals surface area contributed by atoms with Gasteiger partial charge in [-0.2, -0.15) is 0 Å². The highest BCUT2D eigenvalue weighted by atomic mass is 35.5. The van der Waals surface area contributed by atoms with Crippen LogP contribution in [-0.4, -0.2) is 49.8 Å². The molecule has 0 atom stereocenters. The van der Waals surface area contributed by atoms with Crippen LogP contribution in [0, 0.1) is 5.92 Å². The topological polar surface area (TPSA) is 116 Å². The molecule has 4 N–H and O–H groups in total. The first kappa shape index (κ1) is 22.1. The number of nitrogens with zero attached hydrogens (tertiary/aromatic N) is 1. The third-order valence-electron chi connectivity index (χ3n) is 4.18. The summed E-state index contributed by atoms with van der Waals surface area (Å²) in [6.45, 7) is 0.905. The number of nitrogen functional groups attached to an aromatic ring is 1. The van der Waals surface area contributed by atoms with Crippen LogP contribution in [0.4, 0.5) is 11.5 Å². The van der Waals surface area contributed by atoms with Crippen molar-refractivity contribution in [2.24, 2.45) is 5.92 Å². The van der Waals surface area contributed by atoms with E-state index in [-0.39, 0.29) is 42.8 Å². The summed E-state index contributed by atoms with van der Waals surface area (Å²) in [4.78, 5) is 28.0. The van der Waals surface area contributed by atoms with Gasteiger partial charge in [0.25, 0.3) is 0 Å². The average molecular weight is 387 g/mol. The number of halogens is 1. The van der Waals surface area contributed by atoms with Crippen molar-refractivity contribution >= 4 is 35.7 Å². The standard InChI is InChI=1S/C17H26N4O4.ClH/c1-24-8-9-25-11-16(22)20-13-4-2-12(3-5-13)17(23)21-14-6-7-15(18)19-10-14;/h6-7,10,12-13H,2-5,8-9,11H2,1H3,(H2,18,19)(H,20,22)(H,21,23);1H. The van der Waals surface area contributed by atoms with E-state index in [9.17, 15) is 9.59 Å². The van der Waals surface area contributed by atoms with E-state index in [1.807, 2.05) is 0 Å². The number of nitrogens with two attached hydrogens (primary N) is 1. The number of ether oxygens (including phenoxy) is 2. The van der Waals surface area contributed by atoms with Crippen molar-refractivity contribution in [3.8, 4) is 0 Å². The fourth-order valence-corrected chi connectivity index (χ4v) is 2.80. The van der Waals surface area contributed by atoms with Gasteiger partial charge in [-0.3, -0.25) is 9.59 Å². The molecule has 0 unspecified atom stereocenters. The minimum atomic E-state index is -0.128. The summed E-state index contributed by atoms with van der Waals surface area (Å²) in [5.74, 6) is 0.223. The Hall–Kier alpha value is -1.90. The van der Waals surface area contributed by atoms with Gasteiger partial charge in [-0.1, -0.05) is 0 Å². The van der Waals surface area contributed by atoms with Crippen molar-refractivity contribution in [1.29, 1.82) is 0 Å². The lowest BCUT2D eigenvalue weighted by Gasteiger charge is -2.28. The highest BCUT2D eigenvalue weighted by Gasteiger charge is 2.27. The summed E-state index contributed by atoms with van der Waals surface area (Å²) in [7, 11) is 1.59. The molecule has 1 aliphatic rings. The average Bonchev–Trinajstić information content (AvgIpc) is 2.61. The Balaban J connectivity index is 0.00000338. The molecule has 1 heterocycles. The summed E-state index contributed by atoms with van der Waals surface area (Å²) in [5.41, 5.74) is 6.17. The minimum absolute atomic E-state index is 0. The quantitative estimate of drug-likeness (QED) is 0.581. The zero-order chi connectivity index (χ0) is 18.1. The second kappa shape index (κ2) is 11.7. The molecule has 26 heavy (non-hydrogen) atoms. The Morgan fingerprint density at radius 1 is 1.23 bits per heavy atom. The highest BCUT2D eigenvalue weighted by molar-refractivity contribution is 5.92. The van der Waals surface area contributed by atoms with Crippen LogP contribution in [0.25, 0.3) is 0 Å². The van der Waals surface area contributed by atoms with Crippen molar-refractivity contribution in [2.75, 3.05) is 38.0 Å². The van der Waals surface area contributed by atoms with Gasteiger partial charge in [-0.05, 0) is 37.8 Å². The first-order chi connectivity index (χ1) is 12.1. The van der Waals surface area contributed by atoms with Crippen molar-refractivity contribution in [3.63, 3.8) is 0 Å². The number of rotatable bonds is 8. The molecule has 0 radical (unpaired) electrons. The molecule has 146 valence electrons. The van der Waals surface area contributed by atoms with E-state index in [1.54, 1.807) is 25.4 Å². The van der Waals surface area contributed by atoms with Crippen LogP contribution in [0.15, 0.2) is 18.3 Å². The third kappa shape index (κ3) is 7.55. The number of pyridine rings is 1. The Labute approximate surface area is 159 Å². The molecule has 2 amide bonds. The van der Waals surface area contributed by atoms with E-state index in [0.717, 1.165) is 25.7 Å². The van der Waals surface area contributed by atoms with E-state index in [4.69, 9.17) is 15.2 Å². The molecule has 0 spiro atoms. The van der Waals surface area contributed by atoms with E-state index >= 15 is 0 Å². The number of anilines is 2. The number of carbonyl (C=O) groups is 2. The van der Waals surface area contributed by atoms with Gasteiger partial charge in [-0.25, -0.2) is 4.98 Å². The smallest absolute Gasteiger partial charge is 0.246 e. The van der Waals surface area contributed by atoms with Crippen LogP contribution in [0.5, 0.6) is 0 Å². The van der Waals surface area contributed by atoms with Gasteiger partial charge in [0, 0.05) is 19.1 Å². The SMILES string of the molecule is COCCOCC(=O)NC1CCC(C(=O)Nc2ccc(N)nc2)CC1.Cl. The Kier molecular flexibility index (Phi) is 9.93. The molecule has 1 fully saturated rings. The molecule has 0 bridgehead atoms. The Morgan fingerprint density at radius 3 is 2.58 bits per heavy atom. The zero-order valence-corrected chi connectivity index (χ0v) is 15.7. The van der Waals surface area contributed by atoms with Gasteiger partial charge in [0.1, 0.15) is 12.4 Å². The molecule has 9 heteroatoms. The number of hydrogen-bond acceptors (Lipinski definition) is 6. The van der Waals surface area contributed by atoms with Crippen LogP contribution >= 0.6 is 12.4 Å². The lowest BCUT2D eigenvalue weighted by molar-refractivity contribution is -0.127. The molecule has 0 aliphatic heterocycles. The number of methoxy groups -OCH3 is 1. The van der Waals surface area contributed by atoms with E-state index in [0.29, 0.717) is 24.7 Å². The summed E-state index contributed by atoms with van der Waals surface area (Å²) >= 11 is 0. The van der Waals surface area contributed by atoms with Crippen molar-refractivity contribution in [3.05, 3.63) is 18.3 Å². The van der Waals surface area contributed by atoms with Crippen LogP contribution in [0.2, 0.25) is 0 Å². The van der Waals surface area contributed by atoms with Crippen LogP contribution < -0.4 is 16.4 Å². The Bertz CT molecular complexity index is 562. The summed E-state index contributed by atoms with van der Waals surface area (Å²) in [6.07, 6.45) is 4.58. The fraction of sp³-hybridized carbons (Fsp3) is 0.588. The summed E-state index contributed by atoms with van der Waals surface area (Å²) in [5, 5.41) is 5.81. The maximum absolute atomic E-state index is 12.3. The second-order valence-corrected chi connectivity index (χ2v) is 6.12. The van der Waals surface area contributed by atoms with Gasteiger partial charge < -0.3 is 25.8 Å². The van der Waals surface area contributed by atoms with Gasteiger partial charge in [0.2, 0.25) is 11.8 Å². The molecule has 1 aromatic heterocycles. The monoisotopic (exact) mass is 386 g/mol. The molecule has 0 saturated heterocycles. The largest absolute Gasteiger partial charge is 0.384 e. The molecule has 1 saturated carbocycles. The number of carbonyl (C=O) groups excluding carboxylic acids is 2. The fourth-order valence-electron chi connectivity index (χ4n) is 2.80. The molecular formula is C17H27ClN4O4. The molecular weight excluding hydrogens is 360 g/mol. The van der Waals surface area contributed by atoms with Gasteiger partial charge in [-0.15, -0.1) is 12.4 Å². The second-order valence-electron chi connectivity index (χ2n) is 6.12. The molecule has 8 nitrogen and oxygen atoms in total. The molecule has 1 aromatic rings. The molecule has 2 rings (SSSR count). The van der Waals surface area contributed by atoms with Crippen LogP contribution in [0.1, 0.15) is 25.7 Å². The number of aromatic nitrogens is 1. The maximum Gasteiger partial charge on any atom is 0.246 e. The lowest BCUT2D eigenvalue weighted by atomic mass is 9.85. The van der Waals surface area contributed by atoms with Crippen LogP contribution in [-0.2, 0) is 19.1 Å². The number of amides is 2. The lowest BCUT2D eigenvalue weighted by Crippen LogP contribution is -2.41. The first-order valence-corrected chi connectivity index (χ1v) is 8.47. The minimum Gasteiger partial charge on any atom is -0.384 e. The normalized spacial score (nSPS) is 19.3. The van der Waals surface area contributed by atoms with E-state index in [1.165, 1.54) is 0 Å². The van der Waals surface area contributed by atoms with Gasteiger partial charge in [0.05, 0.1) is 25.1 Å². The molecule has 1 aliphatic carbocycles. The van der Waals surface area contributed by atoms with E-state index in [2.05, 4.69) is 15.6 Å². The van der Waals surface area contributed by atoms with Crippen molar-refractivity contribution in [1.82, 2.24) is 10.3 Å². The summed E-state index contributed by atoms with van der Waals surface area (Å²) in [6, 6.07) is 3.48.